The number of halogens is 3. The van der Waals surface area contributed by atoms with Gasteiger partial charge in [0.15, 0.2) is 5.55 Å². The zero-order valence-corrected chi connectivity index (χ0v) is 3.84. The second-order valence-electron chi connectivity index (χ2n) is 0.660. The molecule has 0 bridgehead atoms. The first-order chi connectivity index (χ1) is 3.06. The summed E-state index contributed by atoms with van der Waals surface area (Å²) >= 11 is 3.73. The molecule has 0 fully saturated rings. The van der Waals surface area contributed by atoms with Crippen LogP contribution in [-0.2, 0) is 4.74 Å². The molecule has 0 aromatic carbocycles. The SMILES string of the molecule is FC(F)(F)OC=S. The summed E-state index contributed by atoms with van der Waals surface area (Å²) in [7, 11) is 0. The van der Waals surface area contributed by atoms with E-state index in [-0.39, 0.29) is 5.55 Å². The topological polar surface area (TPSA) is 9.23 Å². The van der Waals surface area contributed by atoms with Crippen LogP contribution in [0.1, 0.15) is 0 Å². The second kappa shape index (κ2) is 2.11. The molecule has 0 amide bonds. The number of ether oxygens (including phenoxy) is 1. The van der Waals surface area contributed by atoms with Crippen molar-refractivity contribution >= 4 is 17.8 Å². The van der Waals surface area contributed by atoms with Crippen molar-refractivity contribution in [3.8, 4) is 0 Å². The third kappa shape index (κ3) is 5.68. The average Bonchev–Trinajstić information content (AvgIpc) is 1.30. The molecule has 1 nitrogen and oxygen atoms in total. The molecule has 0 rings (SSSR count). The van der Waals surface area contributed by atoms with Gasteiger partial charge in [0.1, 0.15) is 0 Å². The van der Waals surface area contributed by atoms with E-state index in [0.29, 0.717) is 0 Å². The van der Waals surface area contributed by atoms with Crippen LogP contribution in [0.2, 0.25) is 0 Å². The van der Waals surface area contributed by atoms with Gasteiger partial charge < -0.3 is 4.74 Å². The molecule has 7 heavy (non-hydrogen) atoms. The second-order valence-corrected chi connectivity index (χ2v) is 0.852. The van der Waals surface area contributed by atoms with Crippen molar-refractivity contribution < 1.29 is 17.9 Å². The highest BCUT2D eigenvalue weighted by molar-refractivity contribution is 7.78. The average molecular weight is 130 g/mol. The number of thiocarbonyl (C=S) groups is 1. The summed E-state index contributed by atoms with van der Waals surface area (Å²) in [5, 5.41) is 0. The third-order valence-electron chi connectivity index (χ3n) is 0.182. The summed E-state index contributed by atoms with van der Waals surface area (Å²) in [5.74, 6) is 0. The van der Waals surface area contributed by atoms with Gasteiger partial charge in [-0.15, -0.1) is 13.2 Å². The highest BCUT2D eigenvalue weighted by Gasteiger charge is 2.28. The minimum atomic E-state index is -4.61. The van der Waals surface area contributed by atoms with Crippen molar-refractivity contribution in [2.75, 3.05) is 0 Å². The third-order valence-corrected chi connectivity index (χ3v) is 0.278. The summed E-state index contributed by atoms with van der Waals surface area (Å²) < 4.78 is 35.1. The zero-order chi connectivity index (χ0) is 5.91. The van der Waals surface area contributed by atoms with Crippen LogP contribution in [0.4, 0.5) is 13.2 Å². The van der Waals surface area contributed by atoms with E-state index in [0.717, 1.165) is 0 Å². The van der Waals surface area contributed by atoms with Gasteiger partial charge in [-0.05, 0) is 12.2 Å². The largest absolute Gasteiger partial charge is 0.573 e. The van der Waals surface area contributed by atoms with Crippen molar-refractivity contribution in [2.45, 2.75) is 6.36 Å². The number of rotatable bonds is 1. The van der Waals surface area contributed by atoms with Gasteiger partial charge in [0, 0.05) is 0 Å². The van der Waals surface area contributed by atoms with Crippen LogP contribution in [0, 0.1) is 0 Å². The summed E-state index contributed by atoms with van der Waals surface area (Å²) in [6.45, 7) is 0. The van der Waals surface area contributed by atoms with Crippen LogP contribution in [0.5, 0.6) is 0 Å². The molecule has 0 N–H and O–H groups in total. The maximum Gasteiger partial charge on any atom is 0.573 e. The minimum absolute atomic E-state index is 0.167. The van der Waals surface area contributed by atoms with Crippen LogP contribution >= 0.6 is 12.2 Å². The summed E-state index contributed by atoms with van der Waals surface area (Å²) in [6, 6.07) is 0. The van der Waals surface area contributed by atoms with E-state index >= 15 is 0 Å². The summed E-state index contributed by atoms with van der Waals surface area (Å²) in [4.78, 5) is 0. The van der Waals surface area contributed by atoms with Crippen molar-refractivity contribution in [3.63, 3.8) is 0 Å². The standard InChI is InChI=1S/C2HF3OS/c3-2(4,5)6-1-7/h1H. The van der Waals surface area contributed by atoms with Crippen molar-refractivity contribution in [3.05, 3.63) is 0 Å². The van der Waals surface area contributed by atoms with Crippen molar-refractivity contribution in [1.29, 1.82) is 0 Å². The highest BCUT2D eigenvalue weighted by Crippen LogP contribution is 2.13. The molecular weight excluding hydrogens is 129 g/mol. The summed E-state index contributed by atoms with van der Waals surface area (Å²) in [6.07, 6.45) is -4.61. The Bertz CT molecular complexity index is 67.8. The van der Waals surface area contributed by atoms with Crippen LogP contribution in [0.3, 0.4) is 0 Å². The molecule has 0 saturated carbocycles. The van der Waals surface area contributed by atoms with Gasteiger partial charge in [0.25, 0.3) is 0 Å². The van der Waals surface area contributed by atoms with Crippen molar-refractivity contribution in [1.82, 2.24) is 0 Å². The fourth-order valence-electron chi connectivity index (χ4n) is 0.0546. The monoisotopic (exact) mass is 130 g/mol. The molecule has 0 unspecified atom stereocenters. The van der Waals surface area contributed by atoms with Gasteiger partial charge in [0.05, 0.1) is 0 Å². The first-order valence-electron chi connectivity index (χ1n) is 1.24. The molecule has 0 aliphatic rings. The molecule has 0 atom stereocenters. The van der Waals surface area contributed by atoms with E-state index in [2.05, 4.69) is 17.0 Å². The van der Waals surface area contributed by atoms with E-state index in [1.54, 1.807) is 0 Å². The molecule has 0 radical (unpaired) electrons. The van der Waals surface area contributed by atoms with Crippen LogP contribution in [0.15, 0.2) is 0 Å². The Balaban J connectivity index is 3.34. The molecule has 0 aromatic heterocycles. The highest BCUT2D eigenvalue weighted by atomic mass is 32.1. The smallest absolute Gasteiger partial charge is 0.402 e. The molecule has 0 spiro atoms. The van der Waals surface area contributed by atoms with Crippen LogP contribution in [-0.4, -0.2) is 11.9 Å². The maximum atomic E-state index is 10.7. The first kappa shape index (κ1) is 6.68. The first-order valence-corrected chi connectivity index (χ1v) is 1.71. The molecule has 0 aliphatic carbocycles. The lowest BCUT2D eigenvalue weighted by Crippen LogP contribution is -2.10. The van der Waals surface area contributed by atoms with Crippen LogP contribution in [0.25, 0.3) is 0 Å². The van der Waals surface area contributed by atoms with E-state index < -0.39 is 6.36 Å². The zero-order valence-electron chi connectivity index (χ0n) is 3.03. The lowest BCUT2D eigenvalue weighted by atomic mass is 11.3. The van der Waals surface area contributed by atoms with E-state index in [4.69, 9.17) is 0 Å². The Morgan fingerprint density at radius 3 is 1.86 bits per heavy atom. The molecule has 0 saturated heterocycles. The Hall–Kier alpha value is -0.320. The molecule has 0 heterocycles. The van der Waals surface area contributed by atoms with Gasteiger partial charge in [0.2, 0.25) is 0 Å². The predicted octanol–water partition coefficient (Wildman–Crippen LogP) is 1.48. The maximum absolute atomic E-state index is 10.7. The fourth-order valence-corrected chi connectivity index (χ4v) is 0.164. The quantitative estimate of drug-likeness (QED) is 0.497. The lowest BCUT2D eigenvalue weighted by Gasteiger charge is -1.99. The molecule has 42 valence electrons. The fraction of sp³-hybridized carbons (Fsp3) is 0.500. The normalized spacial score (nSPS) is 10.7. The van der Waals surface area contributed by atoms with E-state index in [9.17, 15) is 13.2 Å². The minimum Gasteiger partial charge on any atom is -0.402 e. The molecule has 0 aromatic rings. The summed E-state index contributed by atoms with van der Waals surface area (Å²) in [5.41, 5.74) is 0.167. The van der Waals surface area contributed by atoms with Crippen LogP contribution < -0.4 is 0 Å². The van der Waals surface area contributed by atoms with Gasteiger partial charge in [-0.25, -0.2) is 0 Å². The Morgan fingerprint density at radius 1 is 1.43 bits per heavy atom. The van der Waals surface area contributed by atoms with E-state index in [1.807, 2.05) is 0 Å². The predicted molar refractivity (Wildman–Crippen MR) is 20.8 cm³/mol. The lowest BCUT2D eigenvalue weighted by molar-refractivity contribution is -0.279. The molecule has 5 heteroatoms. The van der Waals surface area contributed by atoms with Gasteiger partial charge in [-0.1, -0.05) is 0 Å². The molecule has 0 aliphatic heterocycles. The van der Waals surface area contributed by atoms with Gasteiger partial charge in [-0.2, -0.15) is 0 Å². The Kier molecular flexibility index (Phi) is 2.01. The van der Waals surface area contributed by atoms with Crippen molar-refractivity contribution in [2.24, 2.45) is 0 Å². The van der Waals surface area contributed by atoms with E-state index in [1.165, 1.54) is 0 Å². The Labute approximate surface area is 43.1 Å². The Morgan fingerprint density at radius 2 is 1.86 bits per heavy atom. The van der Waals surface area contributed by atoms with Gasteiger partial charge >= 0.3 is 6.36 Å². The number of alkyl halides is 3. The number of hydrogen-bond donors (Lipinski definition) is 0. The molecular formula is C2HF3OS. The number of hydrogen-bond acceptors (Lipinski definition) is 2. The van der Waals surface area contributed by atoms with Gasteiger partial charge in [-0.3, -0.25) is 0 Å².